The predicted octanol–water partition coefficient (Wildman–Crippen LogP) is 1.33. The van der Waals surface area contributed by atoms with E-state index in [1.807, 2.05) is 6.92 Å². The van der Waals surface area contributed by atoms with Crippen LogP contribution in [0.4, 0.5) is 5.69 Å². The highest BCUT2D eigenvalue weighted by molar-refractivity contribution is 6.06. The SMILES string of the molecule is CCc1ccc(NC(=O)c2cn(C)nn2)c(C(=O)O)c1. The standard InChI is InChI=1S/C13H14N4O3/c1-3-8-4-5-10(9(6-8)13(19)20)14-12(18)11-7-17(2)16-15-11/h4-7H,3H2,1-2H3,(H,14,18)(H,19,20). The van der Waals surface area contributed by atoms with E-state index in [1.165, 1.54) is 10.9 Å². The highest BCUT2D eigenvalue weighted by Gasteiger charge is 2.16. The van der Waals surface area contributed by atoms with Gasteiger partial charge in [0, 0.05) is 7.05 Å². The van der Waals surface area contributed by atoms with Gasteiger partial charge in [-0.2, -0.15) is 0 Å². The van der Waals surface area contributed by atoms with Crippen molar-refractivity contribution in [3.63, 3.8) is 0 Å². The van der Waals surface area contributed by atoms with E-state index >= 15 is 0 Å². The fourth-order valence-electron chi connectivity index (χ4n) is 1.73. The number of nitrogens with one attached hydrogen (secondary N) is 1. The molecule has 0 atom stereocenters. The Kier molecular flexibility index (Phi) is 3.79. The molecule has 0 unspecified atom stereocenters. The number of amides is 1. The molecule has 1 aromatic carbocycles. The molecule has 0 aliphatic carbocycles. The van der Waals surface area contributed by atoms with Gasteiger partial charge in [-0.1, -0.05) is 18.2 Å². The van der Waals surface area contributed by atoms with Crippen molar-refractivity contribution in [2.45, 2.75) is 13.3 Å². The van der Waals surface area contributed by atoms with Gasteiger partial charge >= 0.3 is 5.97 Å². The number of benzene rings is 1. The van der Waals surface area contributed by atoms with E-state index in [0.29, 0.717) is 0 Å². The van der Waals surface area contributed by atoms with Crippen LogP contribution >= 0.6 is 0 Å². The van der Waals surface area contributed by atoms with Crippen LogP contribution in [-0.4, -0.2) is 32.0 Å². The molecule has 1 amide bonds. The minimum absolute atomic E-state index is 0.0570. The zero-order valence-electron chi connectivity index (χ0n) is 11.1. The van der Waals surface area contributed by atoms with Crippen molar-refractivity contribution < 1.29 is 14.7 Å². The molecule has 7 heteroatoms. The van der Waals surface area contributed by atoms with Gasteiger partial charge in [0.1, 0.15) is 0 Å². The zero-order chi connectivity index (χ0) is 14.7. The van der Waals surface area contributed by atoms with Crippen LogP contribution in [0.25, 0.3) is 0 Å². The number of hydrogen-bond donors (Lipinski definition) is 2. The molecule has 2 aromatic rings. The molecule has 0 aliphatic heterocycles. The van der Waals surface area contributed by atoms with Crippen molar-refractivity contribution in [3.8, 4) is 0 Å². The number of nitrogens with zero attached hydrogens (tertiary/aromatic N) is 3. The molecule has 0 aliphatic rings. The first-order chi connectivity index (χ1) is 9.51. The number of carbonyl (C=O) groups excluding carboxylic acids is 1. The van der Waals surface area contributed by atoms with E-state index in [9.17, 15) is 14.7 Å². The van der Waals surface area contributed by atoms with E-state index in [0.717, 1.165) is 12.0 Å². The smallest absolute Gasteiger partial charge is 0.337 e. The minimum atomic E-state index is -1.09. The third-order valence-corrected chi connectivity index (χ3v) is 2.81. The Hall–Kier alpha value is -2.70. The summed E-state index contributed by atoms with van der Waals surface area (Å²) in [5.74, 6) is -1.58. The summed E-state index contributed by atoms with van der Waals surface area (Å²) in [5.41, 5.74) is 1.32. The molecule has 2 N–H and O–H groups in total. The lowest BCUT2D eigenvalue weighted by atomic mass is 10.1. The molecule has 1 heterocycles. The van der Waals surface area contributed by atoms with Crippen molar-refractivity contribution in [1.82, 2.24) is 15.0 Å². The molecule has 0 saturated heterocycles. The summed E-state index contributed by atoms with van der Waals surface area (Å²) in [6.07, 6.45) is 2.18. The van der Waals surface area contributed by atoms with Crippen LogP contribution in [0.2, 0.25) is 0 Å². The van der Waals surface area contributed by atoms with Crippen LogP contribution in [0.5, 0.6) is 0 Å². The van der Waals surface area contributed by atoms with Gasteiger partial charge in [-0.25, -0.2) is 4.79 Å². The zero-order valence-corrected chi connectivity index (χ0v) is 11.1. The Morgan fingerprint density at radius 1 is 1.40 bits per heavy atom. The lowest BCUT2D eigenvalue weighted by Crippen LogP contribution is -2.15. The fraction of sp³-hybridized carbons (Fsp3) is 0.231. The van der Waals surface area contributed by atoms with Gasteiger partial charge in [-0.05, 0) is 24.1 Å². The Morgan fingerprint density at radius 3 is 2.70 bits per heavy atom. The third-order valence-electron chi connectivity index (χ3n) is 2.81. The van der Waals surface area contributed by atoms with Gasteiger partial charge in [0.15, 0.2) is 5.69 Å². The van der Waals surface area contributed by atoms with Crippen molar-refractivity contribution in [1.29, 1.82) is 0 Å². The number of anilines is 1. The second kappa shape index (κ2) is 5.52. The summed E-state index contributed by atoms with van der Waals surface area (Å²) >= 11 is 0. The summed E-state index contributed by atoms with van der Waals surface area (Å²) in [4.78, 5) is 23.2. The van der Waals surface area contributed by atoms with Crippen LogP contribution in [-0.2, 0) is 13.5 Å². The predicted molar refractivity (Wildman–Crippen MR) is 71.7 cm³/mol. The Balaban J connectivity index is 2.29. The number of carbonyl (C=O) groups is 2. The monoisotopic (exact) mass is 274 g/mol. The van der Waals surface area contributed by atoms with Crippen LogP contribution in [0.3, 0.4) is 0 Å². The topological polar surface area (TPSA) is 97.1 Å². The molecular formula is C13H14N4O3. The van der Waals surface area contributed by atoms with Crippen molar-refractivity contribution >= 4 is 17.6 Å². The van der Waals surface area contributed by atoms with Gasteiger partial charge in [0.2, 0.25) is 0 Å². The number of hydrogen-bond acceptors (Lipinski definition) is 4. The Labute approximate surface area is 115 Å². The summed E-state index contributed by atoms with van der Waals surface area (Å²) < 4.78 is 1.40. The first-order valence-corrected chi connectivity index (χ1v) is 6.05. The summed E-state index contributed by atoms with van der Waals surface area (Å²) in [7, 11) is 1.64. The minimum Gasteiger partial charge on any atom is -0.478 e. The largest absolute Gasteiger partial charge is 0.478 e. The molecule has 0 spiro atoms. The highest BCUT2D eigenvalue weighted by Crippen LogP contribution is 2.19. The molecule has 0 fully saturated rings. The van der Waals surface area contributed by atoms with Crippen LogP contribution in [0.1, 0.15) is 33.3 Å². The second-order valence-electron chi connectivity index (χ2n) is 4.27. The van der Waals surface area contributed by atoms with Crippen LogP contribution in [0, 0.1) is 0 Å². The molecule has 2 rings (SSSR count). The Morgan fingerprint density at radius 2 is 2.15 bits per heavy atom. The molecule has 7 nitrogen and oxygen atoms in total. The van der Waals surface area contributed by atoms with E-state index in [-0.39, 0.29) is 16.9 Å². The van der Waals surface area contributed by atoms with Gasteiger partial charge in [0.25, 0.3) is 5.91 Å². The number of aromatic nitrogens is 3. The summed E-state index contributed by atoms with van der Waals surface area (Å²) in [6, 6.07) is 4.91. The van der Waals surface area contributed by atoms with Crippen molar-refractivity contribution in [3.05, 3.63) is 41.2 Å². The van der Waals surface area contributed by atoms with Gasteiger partial charge in [0.05, 0.1) is 17.4 Å². The molecule has 0 radical (unpaired) electrons. The maximum absolute atomic E-state index is 11.9. The second-order valence-corrected chi connectivity index (χ2v) is 4.27. The van der Waals surface area contributed by atoms with E-state index in [2.05, 4.69) is 15.6 Å². The molecule has 104 valence electrons. The first kappa shape index (κ1) is 13.7. The third kappa shape index (κ3) is 2.82. The Bertz CT molecular complexity index is 663. The summed E-state index contributed by atoms with van der Waals surface area (Å²) in [6.45, 7) is 1.93. The van der Waals surface area contributed by atoms with Crippen molar-refractivity contribution in [2.75, 3.05) is 5.32 Å². The van der Waals surface area contributed by atoms with Crippen LogP contribution in [0.15, 0.2) is 24.4 Å². The lowest BCUT2D eigenvalue weighted by Gasteiger charge is -2.08. The number of carboxylic acid groups (broad SMARTS) is 1. The molecule has 0 bridgehead atoms. The number of aromatic carboxylic acids is 1. The number of rotatable bonds is 4. The van der Waals surface area contributed by atoms with Crippen molar-refractivity contribution in [2.24, 2.45) is 7.05 Å². The summed E-state index contributed by atoms with van der Waals surface area (Å²) in [5, 5.41) is 19.1. The normalized spacial score (nSPS) is 10.3. The van der Waals surface area contributed by atoms with Crippen LogP contribution < -0.4 is 5.32 Å². The lowest BCUT2D eigenvalue weighted by molar-refractivity contribution is 0.0698. The number of aryl methyl sites for hydroxylation is 2. The maximum atomic E-state index is 11.9. The van der Waals surface area contributed by atoms with E-state index in [1.54, 1.807) is 25.2 Å². The van der Waals surface area contributed by atoms with E-state index in [4.69, 9.17) is 0 Å². The molecule has 0 saturated carbocycles. The molecule has 1 aromatic heterocycles. The maximum Gasteiger partial charge on any atom is 0.337 e. The number of carboxylic acids is 1. The van der Waals surface area contributed by atoms with Gasteiger partial charge in [-0.15, -0.1) is 5.10 Å². The molecular weight excluding hydrogens is 260 g/mol. The highest BCUT2D eigenvalue weighted by atomic mass is 16.4. The fourth-order valence-corrected chi connectivity index (χ4v) is 1.73. The average molecular weight is 274 g/mol. The van der Waals surface area contributed by atoms with E-state index < -0.39 is 11.9 Å². The molecule has 20 heavy (non-hydrogen) atoms. The first-order valence-electron chi connectivity index (χ1n) is 6.05. The average Bonchev–Trinajstić information content (AvgIpc) is 2.85. The quantitative estimate of drug-likeness (QED) is 0.876. The van der Waals surface area contributed by atoms with Gasteiger partial charge in [-0.3, -0.25) is 9.48 Å². The van der Waals surface area contributed by atoms with Gasteiger partial charge < -0.3 is 10.4 Å².